The van der Waals surface area contributed by atoms with Crippen molar-refractivity contribution in [1.82, 2.24) is 0 Å². The molecular formula is C11H6O3. The molecule has 3 nitrogen and oxygen atoms in total. The fraction of sp³-hybridized carbons (Fsp3) is 0.0909. The van der Waals surface area contributed by atoms with E-state index in [-0.39, 0.29) is 0 Å². The average Bonchev–Trinajstić information content (AvgIpc) is 2.87. The molecule has 1 saturated heterocycles. The van der Waals surface area contributed by atoms with E-state index >= 15 is 0 Å². The maximum Gasteiger partial charge on any atom is 0.343 e. The Morgan fingerprint density at radius 2 is 2.21 bits per heavy atom. The lowest BCUT2D eigenvalue weighted by atomic mass is 9.89. The van der Waals surface area contributed by atoms with Crippen molar-refractivity contribution in [1.29, 1.82) is 0 Å². The second-order valence-corrected chi connectivity index (χ2v) is 3.40. The van der Waals surface area contributed by atoms with Gasteiger partial charge in [-0.2, -0.15) is 0 Å². The number of cyclic esters (lactones) is 2. The molecule has 0 radical (unpaired) electrons. The Labute approximate surface area is 80.0 Å². The van der Waals surface area contributed by atoms with Crippen molar-refractivity contribution in [2.45, 2.75) is 0 Å². The van der Waals surface area contributed by atoms with Crippen LogP contribution in [0.3, 0.4) is 0 Å². The van der Waals surface area contributed by atoms with Crippen LogP contribution < -0.4 is 0 Å². The highest BCUT2D eigenvalue weighted by Crippen LogP contribution is 2.46. The van der Waals surface area contributed by atoms with E-state index in [0.717, 1.165) is 16.7 Å². The molecule has 0 aromatic heterocycles. The van der Waals surface area contributed by atoms with Gasteiger partial charge in [0.25, 0.3) is 0 Å². The summed E-state index contributed by atoms with van der Waals surface area (Å²) in [6, 6.07) is 0. The minimum absolute atomic E-state index is 0.442. The number of allylic oxidation sites excluding steroid dienone is 5. The van der Waals surface area contributed by atoms with Crippen molar-refractivity contribution in [2.75, 3.05) is 0 Å². The van der Waals surface area contributed by atoms with E-state index in [0.29, 0.717) is 5.57 Å². The lowest BCUT2D eigenvalue weighted by Gasteiger charge is -2.08. The summed E-state index contributed by atoms with van der Waals surface area (Å²) in [5, 5.41) is 0. The summed E-state index contributed by atoms with van der Waals surface area (Å²) in [7, 11) is 0. The van der Waals surface area contributed by atoms with Crippen molar-refractivity contribution < 1.29 is 14.3 Å². The highest BCUT2D eigenvalue weighted by atomic mass is 16.6. The van der Waals surface area contributed by atoms with E-state index in [9.17, 15) is 9.59 Å². The predicted octanol–water partition coefficient (Wildman–Crippen LogP) is 1.05. The maximum atomic E-state index is 11.3. The largest absolute Gasteiger partial charge is 0.389 e. The molecule has 3 heteroatoms. The van der Waals surface area contributed by atoms with Crippen molar-refractivity contribution in [3.8, 4) is 0 Å². The van der Waals surface area contributed by atoms with E-state index in [1.165, 1.54) is 0 Å². The number of carbonyl (C=O) groups is 2. The zero-order chi connectivity index (χ0) is 9.87. The Hall–Kier alpha value is -1.90. The quantitative estimate of drug-likeness (QED) is 0.454. The lowest BCUT2D eigenvalue weighted by molar-refractivity contribution is -0.152. The van der Waals surface area contributed by atoms with Crippen LogP contribution in [0.5, 0.6) is 0 Å². The summed E-state index contributed by atoms with van der Waals surface area (Å²) in [4.78, 5) is 22.6. The van der Waals surface area contributed by atoms with Crippen molar-refractivity contribution in [3.05, 3.63) is 47.1 Å². The number of ether oxygens (including phenoxy) is 1. The van der Waals surface area contributed by atoms with Gasteiger partial charge < -0.3 is 4.74 Å². The first kappa shape index (κ1) is 7.50. The van der Waals surface area contributed by atoms with Gasteiger partial charge in [-0.1, -0.05) is 18.7 Å². The average molecular weight is 186 g/mol. The lowest BCUT2D eigenvalue weighted by Crippen LogP contribution is -2.10. The number of fused-ring (bicyclic) bond motifs is 2. The molecule has 0 spiro atoms. The van der Waals surface area contributed by atoms with Gasteiger partial charge in [0.2, 0.25) is 0 Å². The monoisotopic (exact) mass is 186 g/mol. The molecular weight excluding hydrogens is 180 g/mol. The Morgan fingerprint density at radius 1 is 1.43 bits per heavy atom. The molecule has 1 aliphatic heterocycles. The number of rotatable bonds is 1. The molecule has 14 heavy (non-hydrogen) atoms. The van der Waals surface area contributed by atoms with E-state index in [4.69, 9.17) is 0 Å². The van der Waals surface area contributed by atoms with E-state index in [1.807, 2.05) is 6.08 Å². The first-order chi connectivity index (χ1) is 6.72. The standard InChI is InChI=1S/C11H6O3/c1-2-6-7-3-5(7)4-8-9(6)11(13)14-10(8)12/h2-4,8H,1H2. The Balaban J connectivity index is 2.24. The molecule has 3 rings (SSSR count). The third-order valence-electron chi connectivity index (χ3n) is 2.64. The zero-order valence-electron chi connectivity index (χ0n) is 7.24. The SMILES string of the molecule is C=CC1=C2C(=O)OC(=O)C2C=C2C=C21. The van der Waals surface area contributed by atoms with Gasteiger partial charge in [0.15, 0.2) is 0 Å². The molecule has 0 bridgehead atoms. The van der Waals surface area contributed by atoms with Crippen molar-refractivity contribution in [2.24, 2.45) is 5.92 Å². The summed E-state index contributed by atoms with van der Waals surface area (Å²) in [5.74, 6) is -1.51. The zero-order valence-corrected chi connectivity index (χ0v) is 7.24. The molecule has 68 valence electrons. The number of esters is 2. The molecule has 1 atom stereocenters. The second-order valence-electron chi connectivity index (χ2n) is 3.40. The van der Waals surface area contributed by atoms with Gasteiger partial charge in [0.1, 0.15) is 5.92 Å². The van der Waals surface area contributed by atoms with Crippen LogP contribution >= 0.6 is 0 Å². The predicted molar refractivity (Wildman–Crippen MR) is 48.0 cm³/mol. The third kappa shape index (κ3) is 0.719. The van der Waals surface area contributed by atoms with E-state index < -0.39 is 17.9 Å². The van der Waals surface area contributed by atoms with Gasteiger partial charge in [0, 0.05) is 0 Å². The van der Waals surface area contributed by atoms with Crippen molar-refractivity contribution in [3.63, 3.8) is 0 Å². The van der Waals surface area contributed by atoms with Crippen LogP contribution in [0.4, 0.5) is 0 Å². The normalized spacial score (nSPS) is 27.6. The maximum absolute atomic E-state index is 11.3. The Bertz CT molecular complexity index is 489. The summed E-state index contributed by atoms with van der Waals surface area (Å²) >= 11 is 0. The molecule has 0 N–H and O–H groups in total. The molecule has 2 aliphatic carbocycles. The van der Waals surface area contributed by atoms with Crippen LogP contribution in [0.2, 0.25) is 0 Å². The fourth-order valence-electron chi connectivity index (χ4n) is 1.92. The van der Waals surface area contributed by atoms with Crippen LogP contribution in [-0.2, 0) is 14.3 Å². The van der Waals surface area contributed by atoms with Crippen LogP contribution in [0.25, 0.3) is 0 Å². The van der Waals surface area contributed by atoms with Gasteiger partial charge in [-0.3, -0.25) is 4.79 Å². The molecule has 1 fully saturated rings. The molecule has 0 amide bonds. The van der Waals surface area contributed by atoms with Gasteiger partial charge >= 0.3 is 11.9 Å². The third-order valence-corrected chi connectivity index (χ3v) is 2.64. The molecule has 3 aliphatic rings. The number of carbonyl (C=O) groups excluding carboxylic acids is 2. The Kier molecular flexibility index (Phi) is 1.14. The molecule has 0 aromatic rings. The second kappa shape index (κ2) is 2.12. The topological polar surface area (TPSA) is 43.4 Å². The molecule has 0 saturated carbocycles. The molecule has 1 unspecified atom stereocenters. The van der Waals surface area contributed by atoms with Crippen LogP contribution in [0, 0.1) is 5.92 Å². The van der Waals surface area contributed by atoms with Crippen LogP contribution in [0.1, 0.15) is 0 Å². The minimum atomic E-state index is -0.530. The number of hydrogen-bond donors (Lipinski definition) is 0. The van der Waals surface area contributed by atoms with Crippen molar-refractivity contribution >= 4 is 11.9 Å². The summed E-state index contributed by atoms with van der Waals surface area (Å²) in [6.07, 6.45) is 5.31. The summed E-state index contributed by atoms with van der Waals surface area (Å²) < 4.78 is 4.55. The van der Waals surface area contributed by atoms with Gasteiger partial charge in [-0.25, -0.2) is 4.79 Å². The summed E-state index contributed by atoms with van der Waals surface area (Å²) in [6.45, 7) is 3.64. The van der Waals surface area contributed by atoms with Crippen LogP contribution in [-0.4, -0.2) is 11.9 Å². The van der Waals surface area contributed by atoms with E-state index in [2.05, 4.69) is 11.3 Å². The van der Waals surface area contributed by atoms with Gasteiger partial charge in [-0.05, 0) is 22.8 Å². The smallest absolute Gasteiger partial charge is 0.343 e. The minimum Gasteiger partial charge on any atom is -0.389 e. The Morgan fingerprint density at radius 3 is 2.93 bits per heavy atom. The molecule has 0 aromatic carbocycles. The molecule has 1 heterocycles. The first-order valence-electron chi connectivity index (χ1n) is 4.29. The fourth-order valence-corrected chi connectivity index (χ4v) is 1.92. The highest BCUT2D eigenvalue weighted by Gasteiger charge is 2.44. The summed E-state index contributed by atoms with van der Waals surface area (Å²) in [5.41, 5.74) is 3.24. The van der Waals surface area contributed by atoms with Crippen LogP contribution in [0.15, 0.2) is 47.1 Å². The van der Waals surface area contributed by atoms with Gasteiger partial charge in [0.05, 0.1) is 5.57 Å². The highest BCUT2D eigenvalue weighted by molar-refractivity contribution is 6.11. The van der Waals surface area contributed by atoms with Gasteiger partial charge in [-0.15, -0.1) is 0 Å². The number of hydrogen-bond acceptors (Lipinski definition) is 3. The first-order valence-corrected chi connectivity index (χ1v) is 4.29. The van der Waals surface area contributed by atoms with E-state index in [1.54, 1.807) is 12.2 Å².